The number of hydrogen-bond donors (Lipinski definition) is 13. The number of aliphatic hydroxyl groups excluding tert-OH is 1. The summed E-state index contributed by atoms with van der Waals surface area (Å²) in [5.41, 5.74) is 10.7. The Kier molecular flexibility index (Phi) is 27.7. The Labute approximate surface area is 373 Å². The highest BCUT2D eigenvalue weighted by molar-refractivity contribution is 8.13. The van der Waals surface area contributed by atoms with E-state index >= 15 is 0 Å². The first kappa shape index (κ1) is 57.8. The molecule has 0 rings (SSSR count). The molecule has 0 unspecified atom stereocenters. The van der Waals surface area contributed by atoms with Crippen LogP contribution < -0.4 is 54.0 Å². The van der Waals surface area contributed by atoms with Crippen LogP contribution in [0.3, 0.4) is 0 Å². The van der Waals surface area contributed by atoms with Gasteiger partial charge in [-0.15, -0.1) is 0 Å². The number of guanidine groups is 1. The second-order valence-electron chi connectivity index (χ2n) is 14.8. The van der Waals surface area contributed by atoms with E-state index in [0.29, 0.717) is 0 Å². The molecular weight excluding hydrogens is 871 g/mol. The van der Waals surface area contributed by atoms with E-state index in [2.05, 4.69) is 47.5 Å². The summed E-state index contributed by atoms with van der Waals surface area (Å²) in [4.78, 5) is 142. The lowest BCUT2D eigenvalue weighted by molar-refractivity contribution is -0.143. The Balaban J connectivity index is 5.72. The fourth-order valence-corrected chi connectivity index (χ4v) is 5.86. The molecule has 0 aliphatic carbocycles. The average Bonchev–Trinajstić information content (AvgIpc) is 3.19. The highest BCUT2D eigenvalue weighted by Gasteiger charge is 2.32. The van der Waals surface area contributed by atoms with Crippen LogP contribution in [-0.2, 0) is 52.7 Å². The van der Waals surface area contributed by atoms with Gasteiger partial charge in [0.15, 0.2) is 5.96 Å². The molecule has 0 bridgehead atoms. The molecule has 0 radical (unpaired) electrons. The van der Waals surface area contributed by atoms with Crippen molar-refractivity contribution >= 4 is 82.2 Å². The molecule has 0 fully saturated rings. The van der Waals surface area contributed by atoms with Crippen LogP contribution in [0.15, 0.2) is 4.99 Å². The van der Waals surface area contributed by atoms with Gasteiger partial charge in [0, 0.05) is 12.3 Å². The molecule has 0 heterocycles. The zero-order valence-corrected chi connectivity index (χ0v) is 37.5. The van der Waals surface area contributed by atoms with Crippen molar-refractivity contribution in [3.8, 4) is 0 Å². The highest BCUT2D eigenvalue weighted by Crippen LogP contribution is 2.10. The zero-order chi connectivity index (χ0) is 49.1. The van der Waals surface area contributed by atoms with Crippen LogP contribution in [0.5, 0.6) is 0 Å². The van der Waals surface area contributed by atoms with Crippen molar-refractivity contribution < 1.29 is 72.8 Å². The third-order valence-electron chi connectivity index (χ3n) is 8.43. The van der Waals surface area contributed by atoms with E-state index in [1.54, 1.807) is 34.6 Å². The number of nitrogens with zero attached hydrogens (tertiary/aromatic N) is 1. The monoisotopic (exact) mass is 933 g/mol. The predicted octanol–water partition coefficient (Wildman–Crippen LogP) is -4.27. The number of thioether (sulfide) groups is 1. The van der Waals surface area contributed by atoms with Gasteiger partial charge in [0.05, 0.1) is 39.1 Å². The Hall–Kier alpha value is -6.25. The lowest BCUT2D eigenvalue weighted by Crippen LogP contribution is -2.59. The summed E-state index contributed by atoms with van der Waals surface area (Å²) in [5, 5.41) is 46.2. The van der Waals surface area contributed by atoms with Gasteiger partial charge >= 0.3 is 17.9 Å². The molecule has 0 aliphatic heterocycles. The number of esters is 1. The van der Waals surface area contributed by atoms with Gasteiger partial charge < -0.3 is 74.1 Å². The first-order valence-electron chi connectivity index (χ1n) is 20.2. The molecule has 0 aromatic heterocycles. The van der Waals surface area contributed by atoms with Gasteiger partial charge in [-0.2, -0.15) is 0 Å². The van der Waals surface area contributed by atoms with Crippen LogP contribution in [0.1, 0.15) is 73.6 Å². The number of aliphatic imine (C=N–C) groups is 1. The van der Waals surface area contributed by atoms with Gasteiger partial charge in [-0.25, -0.2) is 0 Å². The standard InChI is InChI=1S/C37H63N11O15S/c1-7-63-28(54)10-12-64-37(62)48-29(19(4)5)34(59)42-16-25(50)44-21(9-8-11-40-36(38)39)30(55)41-15-26(51)45-23(14-27(52)53)32(57)47-24(17-49)33(58)46-22(13-18(2)3)31(56)43-20(6)35(60)61/h18-24,29,49H,7-17H2,1-6H3,(H,41,55)(H,42,59)(H,43,56)(H,44,50)(H,45,51)(H,46,58)(H,47,57)(H,48,62)(H,52,53)(H,60,61)(H4,38,39,40)/t20-,21-,22-,23-,24-,29-/m0/s1. The van der Waals surface area contributed by atoms with Crippen molar-refractivity contribution in [3.05, 3.63) is 0 Å². The van der Waals surface area contributed by atoms with E-state index in [1.165, 1.54) is 6.92 Å². The van der Waals surface area contributed by atoms with Gasteiger partial charge in [0.1, 0.15) is 36.3 Å². The summed E-state index contributed by atoms with van der Waals surface area (Å²) in [6, 6.07) is -8.67. The highest BCUT2D eigenvalue weighted by atomic mass is 32.2. The minimum Gasteiger partial charge on any atom is -0.481 e. The molecular formula is C37H63N11O15S. The zero-order valence-electron chi connectivity index (χ0n) is 36.6. The molecule has 0 spiro atoms. The van der Waals surface area contributed by atoms with Crippen LogP contribution in [0.4, 0.5) is 4.79 Å². The number of nitrogens with one attached hydrogen (secondary N) is 8. The number of rotatable bonds is 30. The molecule has 26 nitrogen and oxygen atoms in total. The molecule has 8 amide bonds. The maximum absolute atomic E-state index is 13.2. The van der Waals surface area contributed by atoms with Crippen molar-refractivity contribution in [3.63, 3.8) is 0 Å². The van der Waals surface area contributed by atoms with Crippen LogP contribution in [0.25, 0.3) is 0 Å². The van der Waals surface area contributed by atoms with Gasteiger partial charge in [0.25, 0.3) is 5.24 Å². The third-order valence-corrected chi connectivity index (χ3v) is 9.21. The number of aliphatic carboxylic acids is 2. The lowest BCUT2D eigenvalue weighted by atomic mass is 10.0. The second-order valence-corrected chi connectivity index (χ2v) is 15.9. The SMILES string of the molecule is CCOC(=O)CCSC(=O)N[C@H](C(=O)NCC(=O)N[C@@H](CCCN=C(N)N)C(=O)NCC(=O)N[C@@H](CC(=O)O)C(=O)N[C@@H](CO)C(=O)N[C@@H](CC(C)C)C(=O)N[C@@H](C)C(=O)O)C(C)C. The number of carboxylic acid groups (broad SMARTS) is 2. The van der Waals surface area contributed by atoms with E-state index < -0.39 is 133 Å². The number of amides is 8. The molecule has 6 atom stereocenters. The molecule has 0 saturated carbocycles. The summed E-state index contributed by atoms with van der Waals surface area (Å²) in [6.45, 7) is 7.20. The van der Waals surface area contributed by atoms with Gasteiger partial charge in [-0.3, -0.25) is 57.7 Å². The van der Waals surface area contributed by atoms with Crippen LogP contribution in [0, 0.1) is 11.8 Å². The fraction of sp³-hybridized carbons (Fsp3) is 0.676. The summed E-state index contributed by atoms with van der Waals surface area (Å²) < 4.78 is 4.81. The van der Waals surface area contributed by atoms with Crippen molar-refractivity contribution in [2.24, 2.45) is 28.3 Å². The Morgan fingerprint density at radius 3 is 1.75 bits per heavy atom. The maximum atomic E-state index is 13.2. The molecule has 27 heteroatoms. The van der Waals surface area contributed by atoms with Gasteiger partial charge in [0.2, 0.25) is 41.4 Å². The normalized spacial score (nSPS) is 13.6. The molecule has 0 saturated heterocycles. The average molecular weight is 934 g/mol. The predicted molar refractivity (Wildman–Crippen MR) is 229 cm³/mol. The van der Waals surface area contributed by atoms with Gasteiger partial charge in [-0.1, -0.05) is 39.5 Å². The number of aliphatic hydroxyl groups is 1. The number of hydrogen-bond acceptors (Lipinski definition) is 15. The first-order valence-corrected chi connectivity index (χ1v) is 21.2. The number of carboxylic acids is 2. The number of ether oxygens (including phenoxy) is 1. The summed E-state index contributed by atoms with van der Waals surface area (Å²) in [5.74, 6) is -11.0. The first-order chi connectivity index (χ1) is 29.9. The van der Waals surface area contributed by atoms with Crippen molar-refractivity contribution in [2.75, 3.05) is 38.6 Å². The van der Waals surface area contributed by atoms with E-state index in [0.717, 1.165) is 11.8 Å². The summed E-state index contributed by atoms with van der Waals surface area (Å²) >= 11 is 0.762. The van der Waals surface area contributed by atoms with Crippen molar-refractivity contribution in [1.82, 2.24) is 42.5 Å². The molecule has 64 heavy (non-hydrogen) atoms. The molecule has 0 aromatic rings. The van der Waals surface area contributed by atoms with E-state index in [-0.39, 0.29) is 56.5 Å². The van der Waals surface area contributed by atoms with Crippen LogP contribution >= 0.6 is 11.8 Å². The van der Waals surface area contributed by atoms with Crippen LogP contribution in [-0.4, -0.2) is 161 Å². The van der Waals surface area contributed by atoms with E-state index in [9.17, 15) is 63.0 Å². The maximum Gasteiger partial charge on any atom is 0.325 e. The Morgan fingerprint density at radius 1 is 0.688 bits per heavy atom. The fourth-order valence-electron chi connectivity index (χ4n) is 5.20. The topological polar surface area (TPSA) is 418 Å². The summed E-state index contributed by atoms with van der Waals surface area (Å²) in [6.07, 6.45) is -0.990. The minimum atomic E-state index is -1.86. The van der Waals surface area contributed by atoms with Crippen molar-refractivity contribution in [2.45, 2.75) is 110 Å². The molecule has 0 aliphatic rings. The Morgan fingerprint density at radius 2 is 1.23 bits per heavy atom. The van der Waals surface area contributed by atoms with Crippen LogP contribution in [0.2, 0.25) is 0 Å². The number of carbonyl (C=O) groups excluding carboxylic acids is 9. The van der Waals surface area contributed by atoms with Gasteiger partial charge in [-0.05, 0) is 44.9 Å². The lowest BCUT2D eigenvalue weighted by Gasteiger charge is -2.25. The molecule has 0 aromatic carbocycles. The number of carbonyl (C=O) groups is 11. The largest absolute Gasteiger partial charge is 0.481 e. The summed E-state index contributed by atoms with van der Waals surface area (Å²) in [7, 11) is 0. The minimum absolute atomic E-state index is 0.0263. The number of nitrogens with two attached hydrogens (primary N) is 2. The molecule has 362 valence electrons. The Bertz CT molecular complexity index is 1680. The smallest absolute Gasteiger partial charge is 0.325 e. The molecule has 15 N–H and O–H groups in total. The van der Waals surface area contributed by atoms with E-state index in [1.807, 2.05) is 0 Å². The third kappa shape index (κ3) is 25.0. The second kappa shape index (κ2) is 30.7. The quantitative estimate of drug-likeness (QED) is 0.0140. The van der Waals surface area contributed by atoms with E-state index in [4.69, 9.17) is 21.3 Å². The van der Waals surface area contributed by atoms with Crippen molar-refractivity contribution in [1.29, 1.82) is 0 Å².